The Kier molecular flexibility index (Phi) is 8.24. The van der Waals surface area contributed by atoms with Crippen LogP contribution in [0.1, 0.15) is 74.9 Å². The third-order valence-electron chi connectivity index (χ3n) is 6.96. The number of rotatable bonds is 6. The number of phenolic OH excluding ortho intramolecular Hbond substituents is 4. The fraction of sp³-hybridized carbons (Fsp3) is 0.257. The molecule has 0 aromatic heterocycles. The van der Waals surface area contributed by atoms with Gasteiger partial charge in [-0.25, -0.2) is 0 Å². The van der Waals surface area contributed by atoms with Crippen LogP contribution in [-0.4, -0.2) is 32.9 Å². The smallest absolute Gasteiger partial charge is 0.141 e. The van der Waals surface area contributed by atoms with Gasteiger partial charge in [-0.1, -0.05) is 65.8 Å². The van der Waals surface area contributed by atoms with Crippen LogP contribution in [0.3, 0.4) is 0 Å². The van der Waals surface area contributed by atoms with Crippen LogP contribution in [0.5, 0.6) is 23.0 Å². The van der Waals surface area contributed by atoms with Crippen LogP contribution < -0.4 is 0 Å². The van der Waals surface area contributed by atoms with Crippen molar-refractivity contribution in [3.05, 3.63) is 106 Å². The molecule has 6 heteroatoms. The first-order chi connectivity index (χ1) is 19.2. The molecule has 0 saturated carbocycles. The summed E-state index contributed by atoms with van der Waals surface area (Å²) in [5, 5.41) is 41.5. The van der Waals surface area contributed by atoms with Crippen molar-refractivity contribution in [3.8, 4) is 23.0 Å². The lowest BCUT2D eigenvalue weighted by Gasteiger charge is -2.19. The molecular formula is C35H38N2O4. The molecule has 0 bridgehead atoms. The molecule has 6 nitrogen and oxygen atoms in total. The maximum atomic E-state index is 10.5. The summed E-state index contributed by atoms with van der Waals surface area (Å²) in [6, 6.07) is 21.4. The van der Waals surface area contributed by atoms with Crippen molar-refractivity contribution in [2.75, 3.05) is 0 Å². The zero-order valence-corrected chi connectivity index (χ0v) is 24.5. The summed E-state index contributed by atoms with van der Waals surface area (Å²) < 4.78 is 0. The number of hydrogen-bond donors (Lipinski definition) is 4. The lowest BCUT2D eigenvalue weighted by Crippen LogP contribution is -2.10. The third-order valence-corrected chi connectivity index (χ3v) is 6.96. The van der Waals surface area contributed by atoms with Crippen LogP contribution in [0.25, 0.3) is 0 Å². The predicted octanol–water partition coefficient (Wildman–Crippen LogP) is 8.20. The second-order valence-electron chi connectivity index (χ2n) is 12.4. The second kappa shape index (κ2) is 11.5. The molecule has 0 aliphatic rings. The van der Waals surface area contributed by atoms with E-state index in [1.165, 1.54) is 0 Å². The van der Waals surface area contributed by atoms with Gasteiger partial charge in [-0.2, -0.15) is 0 Å². The molecule has 4 aromatic rings. The lowest BCUT2D eigenvalue weighted by atomic mass is 9.87. The quantitative estimate of drug-likeness (QED) is 0.182. The molecular weight excluding hydrogens is 512 g/mol. The average molecular weight is 551 g/mol. The minimum atomic E-state index is -0.0927. The van der Waals surface area contributed by atoms with Crippen LogP contribution >= 0.6 is 0 Å². The molecule has 0 aliphatic heterocycles. The van der Waals surface area contributed by atoms with E-state index in [-0.39, 0.29) is 33.8 Å². The Labute approximate surface area is 242 Å². The number of aromatic hydroxyl groups is 4. The molecule has 0 amide bonds. The maximum Gasteiger partial charge on any atom is 0.141 e. The van der Waals surface area contributed by atoms with Crippen LogP contribution in [0, 0.1) is 0 Å². The van der Waals surface area contributed by atoms with Gasteiger partial charge >= 0.3 is 0 Å². The van der Waals surface area contributed by atoms with E-state index in [1.54, 1.807) is 36.7 Å². The SMILES string of the molecule is CC(C)(C)c1ccc(O)c(N=Cc2cc(Cc3ccc(O)c(C=Nc4cc(C(C)(C)C)ccc4O)c3)ccc2O)c1. The van der Waals surface area contributed by atoms with Crippen molar-refractivity contribution < 1.29 is 20.4 Å². The summed E-state index contributed by atoms with van der Waals surface area (Å²) in [5.74, 6) is 0.308. The Morgan fingerprint density at radius 1 is 0.512 bits per heavy atom. The molecule has 4 N–H and O–H groups in total. The largest absolute Gasteiger partial charge is 0.507 e. The van der Waals surface area contributed by atoms with Crippen molar-refractivity contribution in [2.45, 2.75) is 58.8 Å². The molecule has 41 heavy (non-hydrogen) atoms. The van der Waals surface area contributed by atoms with Gasteiger partial charge in [-0.15, -0.1) is 0 Å². The van der Waals surface area contributed by atoms with E-state index in [0.717, 1.165) is 22.3 Å². The normalized spacial score (nSPS) is 12.4. The predicted molar refractivity (Wildman–Crippen MR) is 167 cm³/mol. The van der Waals surface area contributed by atoms with Crippen LogP contribution in [0.4, 0.5) is 11.4 Å². The van der Waals surface area contributed by atoms with Crippen LogP contribution in [-0.2, 0) is 17.3 Å². The summed E-state index contributed by atoms with van der Waals surface area (Å²) in [6.07, 6.45) is 3.64. The minimum absolute atomic E-state index is 0.0710. The number of hydrogen-bond acceptors (Lipinski definition) is 6. The minimum Gasteiger partial charge on any atom is -0.507 e. The van der Waals surface area contributed by atoms with Crippen LogP contribution in [0.2, 0.25) is 0 Å². The highest BCUT2D eigenvalue weighted by atomic mass is 16.3. The summed E-state index contributed by atoms with van der Waals surface area (Å²) in [5.41, 5.74) is 5.69. The van der Waals surface area contributed by atoms with E-state index in [2.05, 4.69) is 51.5 Å². The molecule has 0 heterocycles. The number of phenols is 4. The van der Waals surface area contributed by atoms with Gasteiger partial charge in [0.05, 0.1) is 0 Å². The van der Waals surface area contributed by atoms with Crippen LogP contribution in [0.15, 0.2) is 82.8 Å². The zero-order chi connectivity index (χ0) is 29.9. The van der Waals surface area contributed by atoms with Crippen molar-refractivity contribution in [1.29, 1.82) is 0 Å². The highest BCUT2D eigenvalue weighted by Crippen LogP contribution is 2.34. The van der Waals surface area contributed by atoms with Gasteiger partial charge in [-0.05, 0) is 88.0 Å². The first-order valence-electron chi connectivity index (χ1n) is 13.6. The second-order valence-corrected chi connectivity index (χ2v) is 12.4. The number of benzene rings is 4. The van der Waals surface area contributed by atoms with E-state index >= 15 is 0 Å². The third kappa shape index (κ3) is 7.34. The Balaban J connectivity index is 1.57. The summed E-state index contributed by atoms with van der Waals surface area (Å²) in [7, 11) is 0. The van der Waals surface area contributed by atoms with Gasteiger partial charge in [0.2, 0.25) is 0 Å². The fourth-order valence-corrected chi connectivity index (χ4v) is 4.34. The molecule has 0 saturated heterocycles. The standard InChI is InChI=1S/C35H38N2O4/c1-34(2,3)26-9-13-32(40)28(18-26)36-20-24-16-22(7-11-30(24)38)15-23-8-12-31(39)25(17-23)21-37-29-19-27(35(4,5)6)10-14-33(29)41/h7-14,16-21,38-41H,15H2,1-6H3. The average Bonchev–Trinajstić information content (AvgIpc) is 2.89. The van der Waals surface area contributed by atoms with E-state index < -0.39 is 0 Å². The van der Waals surface area contributed by atoms with Gasteiger partial charge in [0.15, 0.2) is 0 Å². The first kappa shape index (κ1) is 29.4. The van der Waals surface area contributed by atoms with Gasteiger partial charge < -0.3 is 20.4 Å². The Hall–Kier alpha value is -4.58. The Bertz CT molecular complexity index is 1500. The van der Waals surface area contributed by atoms with Crippen molar-refractivity contribution in [1.82, 2.24) is 0 Å². The van der Waals surface area contributed by atoms with Crippen molar-refractivity contribution >= 4 is 23.8 Å². The number of nitrogens with zero attached hydrogens (tertiary/aromatic N) is 2. The first-order valence-corrected chi connectivity index (χ1v) is 13.6. The topological polar surface area (TPSA) is 106 Å². The monoisotopic (exact) mass is 550 g/mol. The summed E-state index contributed by atoms with van der Waals surface area (Å²) >= 11 is 0. The zero-order valence-electron chi connectivity index (χ0n) is 24.5. The molecule has 4 rings (SSSR count). The van der Waals surface area contributed by atoms with E-state index in [4.69, 9.17) is 0 Å². The van der Waals surface area contributed by atoms with Gasteiger partial charge in [0.1, 0.15) is 34.4 Å². The van der Waals surface area contributed by atoms with Gasteiger partial charge in [0, 0.05) is 23.6 Å². The van der Waals surface area contributed by atoms with Crippen molar-refractivity contribution in [3.63, 3.8) is 0 Å². The lowest BCUT2D eigenvalue weighted by molar-refractivity contribution is 0.473. The van der Waals surface area contributed by atoms with E-state index in [9.17, 15) is 20.4 Å². The molecule has 0 aliphatic carbocycles. The molecule has 0 fully saturated rings. The number of aliphatic imine (C=N–C) groups is 2. The molecule has 0 spiro atoms. The molecule has 0 unspecified atom stereocenters. The van der Waals surface area contributed by atoms with E-state index in [1.807, 2.05) is 48.5 Å². The highest BCUT2D eigenvalue weighted by Gasteiger charge is 2.16. The molecule has 0 atom stereocenters. The summed E-state index contributed by atoms with van der Waals surface area (Å²) in [4.78, 5) is 8.92. The Morgan fingerprint density at radius 2 is 0.878 bits per heavy atom. The maximum absolute atomic E-state index is 10.5. The molecule has 0 radical (unpaired) electrons. The summed E-state index contributed by atoms with van der Waals surface area (Å²) in [6.45, 7) is 12.6. The van der Waals surface area contributed by atoms with Gasteiger partial charge in [-0.3, -0.25) is 9.98 Å². The van der Waals surface area contributed by atoms with E-state index in [0.29, 0.717) is 28.9 Å². The van der Waals surface area contributed by atoms with Crippen molar-refractivity contribution in [2.24, 2.45) is 9.98 Å². The molecule has 4 aromatic carbocycles. The molecule has 212 valence electrons. The fourth-order valence-electron chi connectivity index (χ4n) is 4.34. The Morgan fingerprint density at radius 3 is 1.24 bits per heavy atom. The highest BCUT2D eigenvalue weighted by molar-refractivity contribution is 5.87. The van der Waals surface area contributed by atoms with Gasteiger partial charge in [0.25, 0.3) is 0 Å².